The highest BCUT2D eigenvalue weighted by Crippen LogP contribution is 2.49. The van der Waals surface area contributed by atoms with E-state index in [1.54, 1.807) is 0 Å². The summed E-state index contributed by atoms with van der Waals surface area (Å²) in [7, 11) is 0. The molecule has 0 aromatic carbocycles. The SMILES string of the molecule is CC[C@@H]1CC[C@H]2O[C@@H]3C[C@@H](O)[C@@]2(O)[C@H]1O3. The first-order valence-electron chi connectivity index (χ1n) is 5.87. The largest absolute Gasteiger partial charge is 0.390 e. The molecule has 0 aromatic heterocycles. The molecule has 0 amide bonds. The van der Waals surface area contributed by atoms with Crippen LogP contribution in [0.15, 0.2) is 0 Å². The molecule has 3 heterocycles. The van der Waals surface area contributed by atoms with Crippen LogP contribution in [0.1, 0.15) is 32.6 Å². The lowest BCUT2D eigenvalue weighted by Gasteiger charge is -2.60. The normalized spacial score (nSPS) is 58.2. The summed E-state index contributed by atoms with van der Waals surface area (Å²) in [6.45, 7) is 2.10. The molecule has 4 heteroatoms. The van der Waals surface area contributed by atoms with E-state index in [1.165, 1.54) is 0 Å². The molecule has 15 heavy (non-hydrogen) atoms. The number of aliphatic hydroxyl groups excluding tert-OH is 1. The molecule has 6 atom stereocenters. The van der Waals surface area contributed by atoms with Crippen LogP contribution >= 0.6 is 0 Å². The Morgan fingerprint density at radius 3 is 2.87 bits per heavy atom. The third-order valence-corrected chi connectivity index (χ3v) is 4.29. The number of hydrogen-bond acceptors (Lipinski definition) is 4. The zero-order chi connectivity index (χ0) is 10.6. The van der Waals surface area contributed by atoms with Crippen LogP contribution in [0.25, 0.3) is 0 Å². The summed E-state index contributed by atoms with van der Waals surface area (Å²) in [5.74, 6) is 0.354. The average molecular weight is 214 g/mol. The Morgan fingerprint density at radius 2 is 2.13 bits per heavy atom. The molecule has 0 spiro atoms. The summed E-state index contributed by atoms with van der Waals surface area (Å²) in [5, 5.41) is 20.5. The van der Waals surface area contributed by atoms with Gasteiger partial charge in [0.05, 0.1) is 18.3 Å². The maximum absolute atomic E-state index is 10.6. The van der Waals surface area contributed by atoms with E-state index in [1.807, 2.05) is 0 Å². The molecule has 0 unspecified atom stereocenters. The van der Waals surface area contributed by atoms with E-state index in [-0.39, 0.29) is 18.5 Å². The molecule has 1 saturated carbocycles. The van der Waals surface area contributed by atoms with Crippen molar-refractivity contribution in [3.8, 4) is 0 Å². The van der Waals surface area contributed by atoms with E-state index in [0.29, 0.717) is 12.3 Å². The minimum absolute atomic E-state index is 0.229. The molecule has 3 aliphatic heterocycles. The first-order chi connectivity index (χ1) is 7.16. The molecule has 4 fully saturated rings. The Balaban J connectivity index is 1.96. The predicted octanol–water partition coefficient (Wildman–Crippen LogP) is 0.412. The van der Waals surface area contributed by atoms with Gasteiger partial charge in [0.25, 0.3) is 0 Å². The lowest BCUT2D eigenvalue weighted by molar-refractivity contribution is -0.404. The van der Waals surface area contributed by atoms with Gasteiger partial charge in [-0.3, -0.25) is 0 Å². The smallest absolute Gasteiger partial charge is 0.161 e. The fourth-order valence-corrected chi connectivity index (χ4v) is 3.39. The Bertz CT molecular complexity index is 269. The van der Waals surface area contributed by atoms with Crippen molar-refractivity contribution in [1.29, 1.82) is 0 Å². The molecule has 4 rings (SSSR count). The average Bonchev–Trinajstić information content (AvgIpc) is 2.19. The maximum Gasteiger partial charge on any atom is 0.161 e. The molecular weight excluding hydrogens is 196 g/mol. The lowest BCUT2D eigenvalue weighted by Crippen LogP contribution is -2.74. The van der Waals surface area contributed by atoms with Crippen LogP contribution in [0.3, 0.4) is 0 Å². The van der Waals surface area contributed by atoms with Crippen LogP contribution in [0.4, 0.5) is 0 Å². The van der Waals surface area contributed by atoms with Crippen LogP contribution in [0.5, 0.6) is 0 Å². The lowest BCUT2D eigenvalue weighted by atomic mass is 9.66. The molecular formula is C11H18O4. The third-order valence-electron chi connectivity index (χ3n) is 4.29. The molecule has 0 aromatic rings. The molecule has 3 saturated heterocycles. The highest BCUT2D eigenvalue weighted by Gasteiger charge is 2.63. The van der Waals surface area contributed by atoms with Gasteiger partial charge in [0.15, 0.2) is 6.29 Å². The van der Waals surface area contributed by atoms with Crippen molar-refractivity contribution in [3.63, 3.8) is 0 Å². The minimum Gasteiger partial charge on any atom is -0.390 e. The Morgan fingerprint density at radius 1 is 1.33 bits per heavy atom. The summed E-state index contributed by atoms with van der Waals surface area (Å²) in [6, 6.07) is 0. The minimum atomic E-state index is -1.16. The van der Waals surface area contributed by atoms with Crippen molar-refractivity contribution < 1.29 is 19.7 Å². The molecule has 2 N–H and O–H groups in total. The standard InChI is InChI=1S/C11H18O4/c1-2-6-3-4-8-11(13)7(12)5-9(14-8)15-10(6)11/h6-10,12-13H,2-5H2,1H3/t6-,7-,8-,9+,10+,11+/m1/s1. The van der Waals surface area contributed by atoms with Crippen LogP contribution < -0.4 is 0 Å². The highest BCUT2D eigenvalue weighted by molar-refractivity contribution is 5.11. The van der Waals surface area contributed by atoms with Crippen LogP contribution in [0.2, 0.25) is 0 Å². The van der Waals surface area contributed by atoms with Crippen LogP contribution in [-0.4, -0.2) is 40.4 Å². The van der Waals surface area contributed by atoms with Gasteiger partial charge in [-0.1, -0.05) is 13.3 Å². The van der Waals surface area contributed by atoms with Crippen molar-refractivity contribution in [1.82, 2.24) is 0 Å². The second-order valence-corrected chi connectivity index (χ2v) is 5.00. The summed E-state index contributed by atoms with van der Waals surface area (Å²) >= 11 is 0. The number of fused-ring (bicyclic) bond motifs is 1. The van der Waals surface area contributed by atoms with Crippen molar-refractivity contribution in [2.24, 2.45) is 5.92 Å². The Labute approximate surface area is 89.2 Å². The number of aliphatic hydroxyl groups is 2. The van der Waals surface area contributed by atoms with E-state index >= 15 is 0 Å². The topological polar surface area (TPSA) is 58.9 Å². The number of rotatable bonds is 1. The summed E-state index contributed by atoms with van der Waals surface area (Å²) < 4.78 is 11.3. The number of hydrogen-bond donors (Lipinski definition) is 2. The fraction of sp³-hybridized carbons (Fsp3) is 1.00. The zero-order valence-electron chi connectivity index (χ0n) is 8.93. The molecule has 4 nitrogen and oxygen atoms in total. The fourth-order valence-electron chi connectivity index (χ4n) is 3.39. The summed E-state index contributed by atoms with van der Waals surface area (Å²) in [6.07, 6.45) is 1.79. The quantitative estimate of drug-likeness (QED) is 0.664. The van der Waals surface area contributed by atoms with Gasteiger partial charge in [-0.15, -0.1) is 0 Å². The van der Waals surface area contributed by atoms with Crippen LogP contribution in [0, 0.1) is 5.92 Å². The molecule has 0 radical (unpaired) electrons. The third kappa shape index (κ3) is 1.16. The van der Waals surface area contributed by atoms with E-state index in [4.69, 9.17) is 9.47 Å². The summed E-state index contributed by atoms with van der Waals surface area (Å²) in [5.41, 5.74) is -1.16. The molecule has 1 aliphatic carbocycles. The van der Waals surface area contributed by atoms with Crippen molar-refractivity contribution in [2.75, 3.05) is 0 Å². The van der Waals surface area contributed by atoms with E-state index in [9.17, 15) is 10.2 Å². The van der Waals surface area contributed by atoms with E-state index in [0.717, 1.165) is 19.3 Å². The van der Waals surface area contributed by atoms with Crippen molar-refractivity contribution >= 4 is 0 Å². The molecule has 4 aliphatic rings. The van der Waals surface area contributed by atoms with Gasteiger partial charge in [-0.05, 0) is 18.8 Å². The first kappa shape index (κ1) is 10.0. The first-order valence-corrected chi connectivity index (χ1v) is 5.87. The van der Waals surface area contributed by atoms with Gasteiger partial charge in [-0.2, -0.15) is 0 Å². The zero-order valence-corrected chi connectivity index (χ0v) is 8.93. The van der Waals surface area contributed by atoms with Gasteiger partial charge >= 0.3 is 0 Å². The van der Waals surface area contributed by atoms with E-state index < -0.39 is 11.7 Å². The second-order valence-electron chi connectivity index (χ2n) is 5.00. The maximum atomic E-state index is 10.6. The number of ether oxygens (including phenoxy) is 2. The van der Waals surface area contributed by atoms with Crippen LogP contribution in [-0.2, 0) is 9.47 Å². The van der Waals surface area contributed by atoms with Crippen molar-refractivity contribution in [3.05, 3.63) is 0 Å². The van der Waals surface area contributed by atoms with Crippen molar-refractivity contribution in [2.45, 2.75) is 62.8 Å². The second kappa shape index (κ2) is 3.17. The van der Waals surface area contributed by atoms with E-state index in [2.05, 4.69) is 6.92 Å². The Hall–Kier alpha value is -0.160. The molecule has 4 bridgehead atoms. The summed E-state index contributed by atoms with van der Waals surface area (Å²) in [4.78, 5) is 0. The Kier molecular flexibility index (Phi) is 2.12. The molecule has 86 valence electrons. The van der Waals surface area contributed by atoms with Gasteiger partial charge in [0, 0.05) is 6.42 Å². The highest BCUT2D eigenvalue weighted by atomic mass is 16.7. The monoisotopic (exact) mass is 214 g/mol. The van der Waals surface area contributed by atoms with Gasteiger partial charge in [-0.25, -0.2) is 0 Å². The van der Waals surface area contributed by atoms with Gasteiger partial charge in [0.1, 0.15) is 5.60 Å². The van der Waals surface area contributed by atoms with Gasteiger partial charge < -0.3 is 19.7 Å². The predicted molar refractivity (Wildman–Crippen MR) is 52.1 cm³/mol. The van der Waals surface area contributed by atoms with Gasteiger partial charge in [0.2, 0.25) is 0 Å².